The lowest BCUT2D eigenvalue weighted by atomic mass is 10.1. The molecule has 0 aliphatic carbocycles. The van der Waals surface area contributed by atoms with Crippen molar-refractivity contribution in [2.45, 2.75) is 13.3 Å². The Morgan fingerprint density at radius 3 is 2.75 bits per heavy atom. The van der Waals surface area contributed by atoms with E-state index in [2.05, 4.69) is 15.5 Å². The van der Waals surface area contributed by atoms with E-state index in [1.54, 1.807) is 36.1 Å². The summed E-state index contributed by atoms with van der Waals surface area (Å²) in [6, 6.07) is 14.2. The van der Waals surface area contributed by atoms with Crippen molar-refractivity contribution in [3.8, 4) is 11.4 Å². The van der Waals surface area contributed by atoms with E-state index in [-0.39, 0.29) is 18.2 Å². The third kappa shape index (κ3) is 3.75. The topological polar surface area (TPSA) is 88.3 Å². The highest BCUT2D eigenvalue weighted by molar-refractivity contribution is 6.30. The number of halogens is 1. The fraction of sp³-hybridized carbons (Fsp3) is 0.200. The number of hydrogen-bond acceptors (Lipinski definition) is 5. The Labute approximate surface area is 166 Å². The minimum atomic E-state index is -0.431. The molecule has 28 heavy (non-hydrogen) atoms. The number of aromatic nitrogens is 2. The average molecular weight is 397 g/mol. The minimum Gasteiger partial charge on any atom is -0.339 e. The van der Waals surface area contributed by atoms with Gasteiger partial charge in [-0.05, 0) is 36.4 Å². The molecule has 7 nitrogen and oxygen atoms in total. The van der Waals surface area contributed by atoms with Crippen LogP contribution in [0.5, 0.6) is 0 Å². The van der Waals surface area contributed by atoms with E-state index in [0.29, 0.717) is 34.7 Å². The van der Waals surface area contributed by atoms with Crippen molar-refractivity contribution < 1.29 is 14.1 Å². The maximum Gasteiger partial charge on any atom is 0.229 e. The number of nitrogens with one attached hydrogen (secondary N) is 1. The molecular formula is C20H17ClN4O3. The molecule has 2 amide bonds. The van der Waals surface area contributed by atoms with Gasteiger partial charge in [0.1, 0.15) is 0 Å². The molecule has 8 heteroatoms. The Bertz CT molecular complexity index is 1030. The fourth-order valence-corrected chi connectivity index (χ4v) is 3.27. The second-order valence-electron chi connectivity index (χ2n) is 6.59. The standard InChI is InChI=1S/C20H17ClN4O3/c1-12-22-19(24-28-12)13-3-2-4-17(9-13)25-11-14(10-18(25)26)20(27)23-16-7-5-15(21)6-8-16/h2-9,14H,10-11H2,1H3,(H,23,27). The summed E-state index contributed by atoms with van der Waals surface area (Å²) in [4.78, 5) is 30.9. The van der Waals surface area contributed by atoms with E-state index in [0.717, 1.165) is 5.56 Å². The van der Waals surface area contributed by atoms with Gasteiger partial charge in [-0.15, -0.1) is 0 Å². The number of carbonyl (C=O) groups is 2. The molecule has 3 aromatic rings. The molecule has 1 aromatic heterocycles. The van der Waals surface area contributed by atoms with Gasteiger partial charge in [-0.1, -0.05) is 28.9 Å². The molecule has 4 rings (SSSR count). The maximum atomic E-state index is 12.6. The van der Waals surface area contributed by atoms with Gasteiger partial charge in [0, 0.05) is 41.9 Å². The molecule has 1 aliphatic rings. The molecule has 0 saturated carbocycles. The lowest BCUT2D eigenvalue weighted by molar-refractivity contribution is -0.122. The smallest absolute Gasteiger partial charge is 0.229 e. The number of aryl methyl sites for hydroxylation is 1. The second-order valence-corrected chi connectivity index (χ2v) is 7.03. The summed E-state index contributed by atoms with van der Waals surface area (Å²) in [5.41, 5.74) is 2.10. The highest BCUT2D eigenvalue weighted by Gasteiger charge is 2.35. The summed E-state index contributed by atoms with van der Waals surface area (Å²) in [5.74, 6) is 0.208. The highest BCUT2D eigenvalue weighted by Crippen LogP contribution is 2.29. The Morgan fingerprint density at radius 2 is 2.04 bits per heavy atom. The van der Waals surface area contributed by atoms with Crippen molar-refractivity contribution in [1.29, 1.82) is 0 Å². The molecule has 1 atom stereocenters. The molecule has 1 N–H and O–H groups in total. The first-order valence-corrected chi connectivity index (χ1v) is 9.15. The highest BCUT2D eigenvalue weighted by atomic mass is 35.5. The van der Waals surface area contributed by atoms with Gasteiger partial charge in [0.15, 0.2) is 0 Å². The van der Waals surface area contributed by atoms with Crippen LogP contribution in [0, 0.1) is 12.8 Å². The molecular weight excluding hydrogens is 380 g/mol. The van der Waals surface area contributed by atoms with Gasteiger partial charge in [0.25, 0.3) is 0 Å². The quantitative estimate of drug-likeness (QED) is 0.726. The van der Waals surface area contributed by atoms with Crippen molar-refractivity contribution in [2.24, 2.45) is 5.92 Å². The number of nitrogens with zero attached hydrogens (tertiary/aromatic N) is 3. The van der Waals surface area contributed by atoms with E-state index in [1.807, 2.05) is 24.3 Å². The van der Waals surface area contributed by atoms with Gasteiger partial charge in [0.05, 0.1) is 5.92 Å². The largest absolute Gasteiger partial charge is 0.339 e. The number of carbonyl (C=O) groups excluding carboxylic acids is 2. The van der Waals surface area contributed by atoms with Crippen molar-refractivity contribution in [3.05, 3.63) is 59.4 Å². The summed E-state index contributed by atoms with van der Waals surface area (Å²) in [6.45, 7) is 2.03. The van der Waals surface area contributed by atoms with E-state index in [1.165, 1.54) is 0 Å². The summed E-state index contributed by atoms with van der Waals surface area (Å²) >= 11 is 5.86. The third-order valence-corrected chi connectivity index (χ3v) is 4.80. The summed E-state index contributed by atoms with van der Waals surface area (Å²) in [6.07, 6.45) is 0.158. The van der Waals surface area contributed by atoms with Crippen LogP contribution in [0.15, 0.2) is 53.1 Å². The van der Waals surface area contributed by atoms with Crippen molar-refractivity contribution in [1.82, 2.24) is 10.1 Å². The van der Waals surface area contributed by atoms with Crippen LogP contribution in [0.2, 0.25) is 5.02 Å². The van der Waals surface area contributed by atoms with Crippen LogP contribution in [0.25, 0.3) is 11.4 Å². The zero-order chi connectivity index (χ0) is 19.7. The lowest BCUT2D eigenvalue weighted by Gasteiger charge is -2.17. The molecule has 2 heterocycles. The van der Waals surface area contributed by atoms with Crippen LogP contribution in [0.1, 0.15) is 12.3 Å². The SMILES string of the molecule is Cc1nc(-c2cccc(N3CC(C(=O)Nc4ccc(Cl)cc4)CC3=O)c2)no1. The molecule has 142 valence electrons. The van der Waals surface area contributed by atoms with Crippen molar-refractivity contribution in [2.75, 3.05) is 16.8 Å². The Balaban J connectivity index is 1.49. The van der Waals surface area contributed by atoms with Crippen molar-refractivity contribution >= 4 is 34.8 Å². The van der Waals surface area contributed by atoms with E-state index in [4.69, 9.17) is 16.1 Å². The van der Waals surface area contributed by atoms with Gasteiger partial charge < -0.3 is 14.7 Å². The number of rotatable bonds is 4. The zero-order valence-corrected chi connectivity index (χ0v) is 15.8. The van der Waals surface area contributed by atoms with Crippen LogP contribution >= 0.6 is 11.6 Å². The summed E-state index contributed by atoms with van der Waals surface area (Å²) in [7, 11) is 0. The van der Waals surface area contributed by atoms with Gasteiger partial charge in [-0.2, -0.15) is 4.98 Å². The normalized spacial score (nSPS) is 16.4. The first-order valence-electron chi connectivity index (χ1n) is 8.77. The number of benzene rings is 2. The van der Waals surface area contributed by atoms with Crippen LogP contribution in [-0.4, -0.2) is 28.5 Å². The molecule has 1 saturated heterocycles. The molecule has 1 unspecified atom stereocenters. The first kappa shape index (κ1) is 18.2. The van der Waals surface area contributed by atoms with Gasteiger partial charge in [0.2, 0.25) is 23.5 Å². The minimum absolute atomic E-state index is 0.0994. The Hall–Kier alpha value is -3.19. The van der Waals surface area contributed by atoms with E-state index < -0.39 is 5.92 Å². The fourth-order valence-electron chi connectivity index (χ4n) is 3.14. The Kier molecular flexibility index (Phi) is 4.83. The number of hydrogen-bond donors (Lipinski definition) is 1. The van der Waals surface area contributed by atoms with Gasteiger partial charge in [-0.25, -0.2) is 0 Å². The molecule has 0 bridgehead atoms. The lowest BCUT2D eigenvalue weighted by Crippen LogP contribution is -2.28. The van der Waals surface area contributed by atoms with Crippen LogP contribution < -0.4 is 10.2 Å². The monoisotopic (exact) mass is 396 g/mol. The average Bonchev–Trinajstić information content (AvgIpc) is 3.30. The maximum absolute atomic E-state index is 12.6. The van der Waals surface area contributed by atoms with Crippen LogP contribution in [0.4, 0.5) is 11.4 Å². The Morgan fingerprint density at radius 1 is 1.25 bits per heavy atom. The van der Waals surface area contributed by atoms with E-state index in [9.17, 15) is 9.59 Å². The van der Waals surface area contributed by atoms with Crippen LogP contribution in [-0.2, 0) is 9.59 Å². The number of anilines is 2. The predicted molar refractivity (Wildman–Crippen MR) is 105 cm³/mol. The zero-order valence-electron chi connectivity index (χ0n) is 15.1. The molecule has 0 spiro atoms. The predicted octanol–water partition coefficient (Wildman–Crippen LogP) is 3.69. The van der Waals surface area contributed by atoms with Crippen LogP contribution in [0.3, 0.4) is 0 Å². The summed E-state index contributed by atoms with van der Waals surface area (Å²) < 4.78 is 5.02. The second kappa shape index (κ2) is 7.44. The summed E-state index contributed by atoms with van der Waals surface area (Å²) in [5, 5.41) is 7.34. The van der Waals surface area contributed by atoms with E-state index >= 15 is 0 Å². The first-order chi connectivity index (χ1) is 13.5. The number of amides is 2. The third-order valence-electron chi connectivity index (χ3n) is 4.55. The molecule has 2 aromatic carbocycles. The molecule has 0 radical (unpaired) electrons. The van der Waals surface area contributed by atoms with Gasteiger partial charge in [-0.3, -0.25) is 9.59 Å². The molecule has 1 fully saturated rings. The molecule has 1 aliphatic heterocycles. The van der Waals surface area contributed by atoms with Crippen molar-refractivity contribution in [3.63, 3.8) is 0 Å². The van der Waals surface area contributed by atoms with Gasteiger partial charge >= 0.3 is 0 Å².